The molecule has 0 fully saturated rings. The molecule has 3 nitrogen and oxygen atoms in total. The predicted molar refractivity (Wildman–Crippen MR) is 146 cm³/mol. The zero-order valence-electron chi connectivity index (χ0n) is 23.5. The van der Waals surface area contributed by atoms with E-state index in [2.05, 4.69) is 4.74 Å². The zero-order chi connectivity index (χ0) is 31.5. The maximum absolute atomic E-state index is 14.6. The van der Waals surface area contributed by atoms with E-state index in [4.69, 9.17) is 0 Å². The molecular formula is C32H31F7O3. The van der Waals surface area contributed by atoms with E-state index in [9.17, 15) is 40.6 Å². The van der Waals surface area contributed by atoms with E-state index in [-0.39, 0.29) is 30.3 Å². The molecule has 3 aromatic carbocycles. The maximum Gasteiger partial charge on any atom is 0.430 e. The minimum Gasteiger partial charge on any atom is -0.463 e. The van der Waals surface area contributed by atoms with Crippen molar-refractivity contribution < 1.29 is 45.4 Å². The summed E-state index contributed by atoms with van der Waals surface area (Å²) in [5.74, 6) is -0.511. The molecule has 0 spiro atoms. The van der Waals surface area contributed by atoms with Crippen LogP contribution in [0.4, 0.5) is 30.7 Å². The Morgan fingerprint density at radius 2 is 1.38 bits per heavy atom. The number of benzene rings is 3. The minimum atomic E-state index is -5.95. The first-order chi connectivity index (χ1) is 19.5. The van der Waals surface area contributed by atoms with Crippen molar-refractivity contribution in [3.8, 4) is 11.1 Å². The van der Waals surface area contributed by atoms with Gasteiger partial charge in [0.1, 0.15) is 12.4 Å². The number of carbonyl (C=O) groups excluding carboxylic acids is 1. The Morgan fingerprint density at radius 1 is 0.810 bits per heavy atom. The number of alkyl halides is 6. The van der Waals surface area contributed by atoms with Crippen LogP contribution in [0.5, 0.6) is 0 Å². The van der Waals surface area contributed by atoms with Crippen molar-refractivity contribution in [1.29, 1.82) is 0 Å². The van der Waals surface area contributed by atoms with Crippen molar-refractivity contribution in [2.24, 2.45) is 0 Å². The summed E-state index contributed by atoms with van der Waals surface area (Å²) in [7, 11) is 0. The van der Waals surface area contributed by atoms with E-state index < -0.39 is 29.2 Å². The van der Waals surface area contributed by atoms with E-state index in [1.54, 1.807) is 31.2 Å². The second-order valence-electron chi connectivity index (χ2n) is 10.2. The quantitative estimate of drug-likeness (QED) is 0.188. The van der Waals surface area contributed by atoms with Crippen LogP contribution in [0.2, 0.25) is 0 Å². The van der Waals surface area contributed by atoms with Gasteiger partial charge in [-0.2, -0.15) is 26.3 Å². The van der Waals surface area contributed by atoms with E-state index in [1.165, 1.54) is 12.1 Å². The van der Waals surface area contributed by atoms with Crippen LogP contribution in [-0.4, -0.2) is 29.5 Å². The number of carbonyl (C=O) groups is 1. The van der Waals surface area contributed by atoms with Crippen molar-refractivity contribution in [2.75, 3.05) is 0 Å². The monoisotopic (exact) mass is 596 g/mol. The fraction of sp³-hybridized carbons (Fsp3) is 0.344. The van der Waals surface area contributed by atoms with Crippen LogP contribution in [0.3, 0.4) is 0 Å². The van der Waals surface area contributed by atoms with Crippen LogP contribution in [0.15, 0.2) is 60.7 Å². The Bertz CT molecular complexity index is 1440. The number of ether oxygens (including phenoxy) is 1. The average molecular weight is 597 g/mol. The van der Waals surface area contributed by atoms with Crippen molar-refractivity contribution in [3.05, 3.63) is 99.9 Å². The first-order valence-electron chi connectivity index (χ1n) is 13.2. The molecule has 0 atom stereocenters. The number of hydrogen-bond acceptors (Lipinski definition) is 3. The van der Waals surface area contributed by atoms with Crippen molar-refractivity contribution in [2.45, 2.75) is 70.5 Å². The molecule has 0 bridgehead atoms. The Balaban J connectivity index is 2.00. The summed E-state index contributed by atoms with van der Waals surface area (Å²) < 4.78 is 97.8. The topological polar surface area (TPSA) is 46.5 Å². The first kappa shape index (κ1) is 32.8. The molecule has 226 valence electrons. The van der Waals surface area contributed by atoms with Crippen LogP contribution < -0.4 is 0 Å². The van der Waals surface area contributed by atoms with Gasteiger partial charge in [-0.3, -0.25) is 4.79 Å². The van der Waals surface area contributed by atoms with Crippen molar-refractivity contribution in [1.82, 2.24) is 0 Å². The Labute approximate surface area is 239 Å². The SMILES string of the molecule is CCC(CC)(c1ccc(/C=C/C(O)(C(F)(F)F)C(F)(F)F)c(C)c1)c1ccc(-c2ccc(COC=O)c(F)c2)c(C)c1. The molecule has 0 aliphatic heterocycles. The van der Waals surface area contributed by atoms with Gasteiger partial charge < -0.3 is 9.84 Å². The molecule has 0 heterocycles. The lowest BCUT2D eigenvalue weighted by atomic mass is 9.69. The lowest BCUT2D eigenvalue weighted by Gasteiger charge is -2.34. The Morgan fingerprint density at radius 3 is 1.86 bits per heavy atom. The first-order valence-corrected chi connectivity index (χ1v) is 13.2. The molecule has 0 aliphatic carbocycles. The van der Waals surface area contributed by atoms with Gasteiger partial charge in [0.25, 0.3) is 12.1 Å². The number of aliphatic hydroxyl groups is 1. The van der Waals surface area contributed by atoms with Crippen molar-refractivity contribution in [3.63, 3.8) is 0 Å². The largest absolute Gasteiger partial charge is 0.463 e. The normalized spacial score (nSPS) is 13.0. The van der Waals surface area contributed by atoms with Gasteiger partial charge in [-0.25, -0.2) is 4.39 Å². The fourth-order valence-electron chi connectivity index (χ4n) is 5.19. The highest BCUT2D eigenvalue weighted by Crippen LogP contribution is 2.45. The smallest absolute Gasteiger partial charge is 0.430 e. The molecule has 1 N–H and O–H groups in total. The summed E-state index contributed by atoms with van der Waals surface area (Å²) >= 11 is 0. The Kier molecular flexibility index (Phi) is 9.61. The van der Waals surface area contributed by atoms with E-state index in [0.717, 1.165) is 22.3 Å². The van der Waals surface area contributed by atoms with Gasteiger partial charge in [0, 0.05) is 11.0 Å². The second-order valence-corrected chi connectivity index (χ2v) is 10.2. The van der Waals surface area contributed by atoms with Crippen LogP contribution >= 0.6 is 0 Å². The van der Waals surface area contributed by atoms with E-state index in [1.807, 2.05) is 39.0 Å². The summed E-state index contributed by atoms with van der Waals surface area (Å²) in [6.45, 7) is 7.50. The van der Waals surface area contributed by atoms with Crippen LogP contribution in [-0.2, 0) is 21.6 Å². The summed E-state index contributed by atoms with van der Waals surface area (Å²) in [6.07, 6.45) is -10.3. The number of aryl methyl sites for hydroxylation is 2. The van der Waals surface area contributed by atoms with Crippen LogP contribution in [0.1, 0.15) is 60.1 Å². The van der Waals surface area contributed by atoms with E-state index >= 15 is 0 Å². The van der Waals surface area contributed by atoms with Gasteiger partial charge in [-0.15, -0.1) is 0 Å². The molecule has 0 radical (unpaired) electrons. The van der Waals surface area contributed by atoms with Gasteiger partial charge in [0.2, 0.25) is 0 Å². The molecule has 0 aromatic heterocycles. The third-order valence-electron chi connectivity index (χ3n) is 7.85. The maximum atomic E-state index is 14.6. The molecular weight excluding hydrogens is 565 g/mol. The Hall–Kier alpha value is -3.66. The van der Waals surface area contributed by atoms with Crippen molar-refractivity contribution >= 4 is 12.5 Å². The van der Waals surface area contributed by atoms with Gasteiger partial charge in [-0.05, 0) is 77.8 Å². The summed E-state index contributed by atoms with van der Waals surface area (Å²) in [6, 6.07) is 15.3. The zero-order valence-corrected chi connectivity index (χ0v) is 23.5. The molecule has 10 heteroatoms. The average Bonchev–Trinajstić information content (AvgIpc) is 2.91. The van der Waals surface area contributed by atoms with Crippen LogP contribution in [0, 0.1) is 19.7 Å². The highest BCUT2D eigenvalue weighted by Gasteiger charge is 2.68. The summed E-state index contributed by atoms with van der Waals surface area (Å²) in [5, 5.41) is 9.46. The molecule has 0 unspecified atom stereocenters. The molecule has 0 saturated heterocycles. The number of hydrogen-bond donors (Lipinski definition) is 1. The lowest BCUT2D eigenvalue weighted by Crippen LogP contribution is -2.55. The highest BCUT2D eigenvalue weighted by atomic mass is 19.4. The van der Waals surface area contributed by atoms with Gasteiger partial charge in [-0.1, -0.05) is 68.5 Å². The minimum absolute atomic E-state index is 0.0994. The number of halogens is 7. The molecule has 42 heavy (non-hydrogen) atoms. The third kappa shape index (κ3) is 6.23. The lowest BCUT2D eigenvalue weighted by molar-refractivity contribution is -0.347. The molecule has 0 amide bonds. The fourth-order valence-corrected chi connectivity index (χ4v) is 5.19. The standard InChI is InChI=1S/C32H31F7O3/c1-5-29(6-2,25-10-9-22(20(3)15-25)13-14-30(41,31(34,35)36)32(37,38)39)26-11-12-27(21(4)16-26)23-7-8-24(18-42-19-40)28(33)17-23/h7-17,19,41H,5-6,18H2,1-4H3/b14-13+. The van der Waals surface area contributed by atoms with Gasteiger partial charge in [0.05, 0.1) is 0 Å². The molecule has 3 aromatic rings. The highest BCUT2D eigenvalue weighted by molar-refractivity contribution is 5.69. The molecule has 0 aliphatic rings. The van der Waals surface area contributed by atoms with Gasteiger partial charge in [0.15, 0.2) is 0 Å². The van der Waals surface area contributed by atoms with E-state index in [0.29, 0.717) is 30.0 Å². The third-order valence-corrected chi connectivity index (χ3v) is 7.85. The predicted octanol–water partition coefficient (Wildman–Crippen LogP) is 8.76. The molecule has 3 rings (SSSR count). The molecule has 0 saturated carbocycles. The summed E-state index contributed by atoms with van der Waals surface area (Å²) in [4.78, 5) is 10.4. The number of rotatable bonds is 10. The summed E-state index contributed by atoms with van der Waals surface area (Å²) in [5.41, 5.74) is -0.681. The van der Waals surface area contributed by atoms with Gasteiger partial charge >= 0.3 is 12.4 Å². The second kappa shape index (κ2) is 12.3. The van der Waals surface area contributed by atoms with Crippen LogP contribution in [0.25, 0.3) is 17.2 Å².